The van der Waals surface area contributed by atoms with Crippen molar-refractivity contribution in [2.24, 2.45) is 0 Å². The SMILES string of the molecule is O=C(Nc1nnc(S(=O)(=O)NCc2ccncc2)s1)c1ccc(Cl)cc1. The van der Waals surface area contributed by atoms with Gasteiger partial charge in [-0.05, 0) is 42.0 Å². The second kappa shape index (κ2) is 7.87. The van der Waals surface area contributed by atoms with Crippen LogP contribution in [0, 0.1) is 0 Å². The Morgan fingerprint density at radius 1 is 1.08 bits per heavy atom. The van der Waals surface area contributed by atoms with Gasteiger partial charge in [-0.2, -0.15) is 0 Å². The van der Waals surface area contributed by atoms with E-state index in [9.17, 15) is 13.2 Å². The largest absolute Gasteiger partial charge is 0.296 e. The van der Waals surface area contributed by atoms with Gasteiger partial charge in [0.05, 0.1) is 0 Å². The summed E-state index contributed by atoms with van der Waals surface area (Å²) in [4.78, 5) is 16.0. The molecule has 3 aromatic rings. The number of hydrogen-bond acceptors (Lipinski definition) is 7. The standard InChI is InChI=1S/C15H12ClN5O3S2/c16-12-3-1-11(2-4-12)13(22)19-14-20-21-15(25-14)26(23,24)18-9-10-5-7-17-8-6-10/h1-8,18H,9H2,(H,19,20,22). The van der Waals surface area contributed by atoms with Gasteiger partial charge in [-0.3, -0.25) is 15.1 Å². The van der Waals surface area contributed by atoms with Crippen LogP contribution in [0.4, 0.5) is 5.13 Å². The first-order chi connectivity index (χ1) is 12.4. The first kappa shape index (κ1) is 18.4. The van der Waals surface area contributed by atoms with Gasteiger partial charge in [0.25, 0.3) is 15.9 Å². The van der Waals surface area contributed by atoms with Crippen LogP contribution in [-0.4, -0.2) is 29.5 Å². The van der Waals surface area contributed by atoms with E-state index in [-0.39, 0.29) is 16.0 Å². The summed E-state index contributed by atoms with van der Waals surface area (Å²) in [7, 11) is -3.84. The minimum atomic E-state index is -3.84. The molecule has 2 heterocycles. The van der Waals surface area contributed by atoms with Crippen molar-refractivity contribution in [2.45, 2.75) is 10.9 Å². The van der Waals surface area contributed by atoms with Crippen molar-refractivity contribution in [1.82, 2.24) is 19.9 Å². The lowest BCUT2D eigenvalue weighted by molar-refractivity contribution is 0.102. The Kier molecular flexibility index (Phi) is 5.57. The molecule has 0 unspecified atom stereocenters. The Bertz CT molecular complexity index is 1010. The molecule has 0 saturated carbocycles. The number of hydrogen-bond donors (Lipinski definition) is 2. The molecule has 2 aromatic heterocycles. The molecule has 0 aliphatic carbocycles. The molecule has 3 rings (SSSR count). The molecule has 8 nitrogen and oxygen atoms in total. The summed E-state index contributed by atoms with van der Waals surface area (Å²) in [6.45, 7) is 0.0941. The van der Waals surface area contributed by atoms with Gasteiger partial charge < -0.3 is 0 Å². The van der Waals surface area contributed by atoms with Crippen molar-refractivity contribution >= 4 is 44.0 Å². The van der Waals surface area contributed by atoms with Crippen LogP contribution in [0.2, 0.25) is 5.02 Å². The lowest BCUT2D eigenvalue weighted by Gasteiger charge is -2.03. The molecule has 1 amide bonds. The van der Waals surface area contributed by atoms with Crippen LogP contribution in [0.5, 0.6) is 0 Å². The molecular formula is C15H12ClN5O3S2. The zero-order chi connectivity index (χ0) is 18.6. The van der Waals surface area contributed by atoms with E-state index in [1.165, 1.54) is 0 Å². The van der Waals surface area contributed by atoms with Crippen molar-refractivity contribution in [3.63, 3.8) is 0 Å². The minimum absolute atomic E-state index is 0.0780. The van der Waals surface area contributed by atoms with Gasteiger partial charge in [0.1, 0.15) is 0 Å². The van der Waals surface area contributed by atoms with Gasteiger partial charge >= 0.3 is 0 Å². The van der Waals surface area contributed by atoms with E-state index < -0.39 is 15.9 Å². The van der Waals surface area contributed by atoms with Crippen LogP contribution < -0.4 is 10.0 Å². The number of pyridine rings is 1. The summed E-state index contributed by atoms with van der Waals surface area (Å²) in [6.07, 6.45) is 3.14. The lowest BCUT2D eigenvalue weighted by atomic mass is 10.2. The Morgan fingerprint density at radius 2 is 1.77 bits per heavy atom. The van der Waals surface area contributed by atoms with Gasteiger partial charge in [0.15, 0.2) is 0 Å². The molecule has 0 aliphatic heterocycles. The van der Waals surface area contributed by atoms with Crippen LogP contribution in [-0.2, 0) is 16.6 Å². The summed E-state index contributed by atoms with van der Waals surface area (Å²) in [5, 5.41) is 10.4. The number of carbonyl (C=O) groups is 1. The van der Waals surface area contributed by atoms with Gasteiger partial charge in [-0.25, -0.2) is 13.1 Å². The van der Waals surface area contributed by atoms with Gasteiger partial charge in [-0.15, -0.1) is 10.2 Å². The third-order valence-electron chi connectivity index (χ3n) is 3.18. The van der Waals surface area contributed by atoms with E-state index in [4.69, 9.17) is 11.6 Å². The third kappa shape index (κ3) is 4.61. The summed E-state index contributed by atoms with van der Waals surface area (Å²) in [6, 6.07) is 9.64. The maximum Gasteiger partial charge on any atom is 0.270 e. The normalized spacial score (nSPS) is 11.3. The number of rotatable bonds is 6. The fraction of sp³-hybridized carbons (Fsp3) is 0.0667. The third-order valence-corrected chi connectivity index (χ3v) is 6.04. The highest BCUT2D eigenvalue weighted by atomic mass is 35.5. The van der Waals surface area contributed by atoms with Gasteiger partial charge in [-0.1, -0.05) is 22.9 Å². The number of nitrogens with one attached hydrogen (secondary N) is 2. The van der Waals surface area contributed by atoms with Crippen LogP contribution in [0.15, 0.2) is 53.1 Å². The Balaban J connectivity index is 1.66. The first-order valence-electron chi connectivity index (χ1n) is 7.23. The highest BCUT2D eigenvalue weighted by molar-refractivity contribution is 7.91. The van der Waals surface area contributed by atoms with Crippen molar-refractivity contribution < 1.29 is 13.2 Å². The summed E-state index contributed by atoms with van der Waals surface area (Å²) in [5.41, 5.74) is 1.12. The molecule has 134 valence electrons. The predicted octanol–water partition coefficient (Wildman–Crippen LogP) is 2.32. The van der Waals surface area contributed by atoms with Crippen LogP contribution >= 0.6 is 22.9 Å². The molecule has 2 N–H and O–H groups in total. The Hall–Kier alpha value is -2.40. The highest BCUT2D eigenvalue weighted by Crippen LogP contribution is 2.21. The van der Waals surface area contributed by atoms with Crippen molar-refractivity contribution in [2.75, 3.05) is 5.32 Å². The highest BCUT2D eigenvalue weighted by Gasteiger charge is 2.21. The number of amides is 1. The number of anilines is 1. The number of nitrogens with zero attached hydrogens (tertiary/aromatic N) is 3. The average molecular weight is 410 g/mol. The number of sulfonamides is 1. The lowest BCUT2D eigenvalue weighted by Crippen LogP contribution is -2.23. The zero-order valence-corrected chi connectivity index (χ0v) is 15.5. The maximum absolute atomic E-state index is 12.3. The summed E-state index contributed by atoms with van der Waals surface area (Å²) < 4.78 is 26.7. The molecule has 0 atom stereocenters. The van der Waals surface area contributed by atoms with E-state index in [0.717, 1.165) is 16.9 Å². The van der Waals surface area contributed by atoms with Gasteiger partial charge in [0, 0.05) is 29.5 Å². The number of halogens is 1. The number of aromatic nitrogens is 3. The fourth-order valence-corrected chi connectivity index (χ4v) is 3.96. The van der Waals surface area contributed by atoms with Crippen LogP contribution in [0.3, 0.4) is 0 Å². The van der Waals surface area contributed by atoms with E-state index in [1.807, 2.05) is 0 Å². The second-order valence-corrected chi connectivity index (χ2v) is 8.37. The number of carbonyl (C=O) groups excluding carboxylic acids is 1. The molecule has 26 heavy (non-hydrogen) atoms. The smallest absolute Gasteiger partial charge is 0.270 e. The minimum Gasteiger partial charge on any atom is -0.296 e. The van der Waals surface area contributed by atoms with Crippen molar-refractivity contribution in [1.29, 1.82) is 0 Å². The van der Waals surface area contributed by atoms with Crippen LogP contribution in [0.1, 0.15) is 15.9 Å². The van der Waals surface area contributed by atoms with E-state index in [2.05, 4.69) is 25.2 Å². The molecule has 11 heteroatoms. The summed E-state index contributed by atoms with van der Waals surface area (Å²) >= 11 is 6.53. The second-order valence-electron chi connectivity index (χ2n) is 5.01. The Morgan fingerprint density at radius 3 is 2.46 bits per heavy atom. The van der Waals surface area contributed by atoms with E-state index >= 15 is 0 Å². The van der Waals surface area contributed by atoms with Crippen molar-refractivity contribution in [3.8, 4) is 0 Å². The predicted molar refractivity (Wildman–Crippen MR) is 97.6 cm³/mol. The molecule has 0 saturated heterocycles. The average Bonchev–Trinajstić information content (AvgIpc) is 3.11. The molecule has 0 aliphatic rings. The molecular weight excluding hydrogens is 398 g/mol. The fourth-order valence-electron chi connectivity index (χ4n) is 1.88. The van der Waals surface area contributed by atoms with E-state index in [1.54, 1.807) is 48.8 Å². The topological polar surface area (TPSA) is 114 Å². The Labute approximate surface area is 158 Å². The van der Waals surface area contributed by atoms with Crippen LogP contribution in [0.25, 0.3) is 0 Å². The zero-order valence-electron chi connectivity index (χ0n) is 13.1. The molecule has 0 bridgehead atoms. The first-order valence-corrected chi connectivity index (χ1v) is 9.91. The molecule has 1 aromatic carbocycles. The molecule has 0 radical (unpaired) electrons. The van der Waals surface area contributed by atoms with Crippen molar-refractivity contribution in [3.05, 3.63) is 64.9 Å². The van der Waals surface area contributed by atoms with Gasteiger partial charge in [0.2, 0.25) is 9.47 Å². The monoisotopic (exact) mass is 409 g/mol. The number of benzene rings is 1. The summed E-state index contributed by atoms with van der Waals surface area (Å²) in [5.74, 6) is -0.438. The molecule has 0 spiro atoms. The van der Waals surface area contributed by atoms with E-state index in [0.29, 0.717) is 10.6 Å². The quantitative estimate of drug-likeness (QED) is 0.604. The molecule has 0 fully saturated rings. The maximum atomic E-state index is 12.3.